The maximum Gasteiger partial charge on any atom is 0.340 e. The molecule has 2 fully saturated rings. The lowest BCUT2D eigenvalue weighted by molar-refractivity contribution is -0.0186. The predicted molar refractivity (Wildman–Crippen MR) is 125 cm³/mol. The maximum atomic E-state index is 11.9. The normalized spacial score (nSPS) is 27.4. The van der Waals surface area contributed by atoms with Crippen molar-refractivity contribution in [2.24, 2.45) is 0 Å². The van der Waals surface area contributed by atoms with Crippen LogP contribution in [0.25, 0.3) is 11.0 Å². The van der Waals surface area contributed by atoms with Crippen LogP contribution in [0.5, 0.6) is 0 Å². The van der Waals surface area contributed by atoms with E-state index in [1.54, 1.807) is 6.07 Å². The standard InChI is InChI=1S/C19H27ClN4O9P2/c1-24(11-4-2-3-5-11)18-14-12(22-19(20)23-18)6-10(7-21-14)17-16(26)15(25)13(33-17)8-32-35(30,31)9-34(27,28)29/h6-7,11,13,15-17,25-26H,2-5,8-9H2,1H3,(H,30,31)(H2,27,28,29)/t13-,15-,16-,17+/m1/s1. The summed E-state index contributed by atoms with van der Waals surface area (Å²) in [6.07, 6.45) is 0.578. The Balaban J connectivity index is 1.54. The molecule has 0 amide bonds. The molecule has 1 saturated carbocycles. The highest BCUT2D eigenvalue weighted by atomic mass is 35.5. The second-order valence-corrected chi connectivity index (χ2v) is 13.1. The van der Waals surface area contributed by atoms with Gasteiger partial charge in [0, 0.05) is 24.8 Å². The van der Waals surface area contributed by atoms with Crippen molar-refractivity contribution in [1.29, 1.82) is 0 Å². The SMILES string of the molecule is CN(c1nc(Cl)nc2cc([C@@H]3O[C@H](COP(=O)(O)CP(=O)(O)O)[C@@H](O)[C@H]3O)cnc12)C1CCCC1. The molecule has 4 rings (SSSR count). The molecule has 5 N–H and O–H groups in total. The van der Waals surface area contributed by atoms with Crippen LogP contribution in [-0.4, -0.2) is 83.8 Å². The van der Waals surface area contributed by atoms with Crippen LogP contribution in [0, 0.1) is 0 Å². The summed E-state index contributed by atoms with van der Waals surface area (Å²) in [4.78, 5) is 42.5. The Kier molecular flexibility index (Phi) is 7.86. The smallest absolute Gasteiger partial charge is 0.340 e. The zero-order chi connectivity index (χ0) is 25.5. The van der Waals surface area contributed by atoms with Crippen molar-refractivity contribution in [3.8, 4) is 0 Å². The van der Waals surface area contributed by atoms with Gasteiger partial charge in [-0.05, 0) is 30.5 Å². The predicted octanol–water partition coefficient (Wildman–Crippen LogP) is 1.56. The number of nitrogens with zero attached hydrogens (tertiary/aromatic N) is 4. The van der Waals surface area contributed by atoms with Crippen LogP contribution in [0.15, 0.2) is 12.3 Å². The molecular weight excluding hydrogens is 526 g/mol. The van der Waals surface area contributed by atoms with Gasteiger partial charge in [0.05, 0.1) is 12.1 Å². The Bertz CT molecular complexity index is 1180. The van der Waals surface area contributed by atoms with Gasteiger partial charge in [-0.2, -0.15) is 4.98 Å². The second-order valence-electron chi connectivity index (χ2n) is 8.82. The summed E-state index contributed by atoms with van der Waals surface area (Å²) in [7, 11) is -7.53. The van der Waals surface area contributed by atoms with Crippen LogP contribution < -0.4 is 4.90 Å². The topological polar surface area (TPSA) is 196 Å². The van der Waals surface area contributed by atoms with Crippen LogP contribution >= 0.6 is 26.8 Å². The van der Waals surface area contributed by atoms with Crippen LogP contribution in [0.1, 0.15) is 37.4 Å². The van der Waals surface area contributed by atoms with E-state index in [2.05, 4.69) is 15.0 Å². The fraction of sp³-hybridized carbons (Fsp3) is 0.632. The number of aromatic nitrogens is 3. The minimum atomic E-state index is -4.81. The van der Waals surface area contributed by atoms with Gasteiger partial charge in [0.2, 0.25) is 5.28 Å². The van der Waals surface area contributed by atoms with E-state index in [9.17, 15) is 24.2 Å². The van der Waals surface area contributed by atoms with E-state index >= 15 is 0 Å². The first-order chi connectivity index (χ1) is 16.3. The minimum Gasteiger partial charge on any atom is -0.387 e. The van der Waals surface area contributed by atoms with Crippen LogP contribution in [0.3, 0.4) is 0 Å². The number of ether oxygens (including phenoxy) is 1. The largest absolute Gasteiger partial charge is 0.387 e. The third kappa shape index (κ3) is 6.19. The summed E-state index contributed by atoms with van der Waals surface area (Å²) in [5.41, 5.74) is 1.30. The van der Waals surface area contributed by atoms with Gasteiger partial charge in [-0.1, -0.05) is 12.8 Å². The highest BCUT2D eigenvalue weighted by molar-refractivity contribution is 7.70. The summed E-state index contributed by atoms with van der Waals surface area (Å²) in [5.74, 6) is -0.789. The Morgan fingerprint density at radius 3 is 2.51 bits per heavy atom. The van der Waals surface area contributed by atoms with Crippen LogP contribution in [0.2, 0.25) is 5.28 Å². The molecule has 3 heterocycles. The summed E-state index contributed by atoms with van der Waals surface area (Å²) in [5, 5.41) is 20.9. The summed E-state index contributed by atoms with van der Waals surface area (Å²) in [6.45, 7) is -0.673. The second kappa shape index (κ2) is 10.3. The van der Waals surface area contributed by atoms with Crippen molar-refractivity contribution in [2.45, 2.75) is 56.1 Å². The van der Waals surface area contributed by atoms with E-state index in [1.165, 1.54) is 6.20 Å². The van der Waals surface area contributed by atoms with Crippen LogP contribution in [-0.2, 0) is 18.4 Å². The van der Waals surface area contributed by atoms with E-state index in [-0.39, 0.29) is 5.28 Å². The molecule has 13 nitrogen and oxygen atoms in total. The number of aliphatic hydroxyl groups is 2. The number of aliphatic hydroxyl groups excluding tert-OH is 2. The molecule has 0 radical (unpaired) electrons. The molecule has 0 bridgehead atoms. The van der Waals surface area contributed by atoms with Crippen molar-refractivity contribution in [1.82, 2.24) is 15.0 Å². The Labute approximate surface area is 205 Å². The van der Waals surface area contributed by atoms with Gasteiger partial charge in [-0.25, -0.2) is 4.98 Å². The van der Waals surface area contributed by atoms with Gasteiger partial charge in [0.15, 0.2) is 11.7 Å². The number of pyridine rings is 1. The van der Waals surface area contributed by atoms with Crippen molar-refractivity contribution < 1.29 is 43.3 Å². The fourth-order valence-corrected chi connectivity index (χ4v) is 7.22. The van der Waals surface area contributed by atoms with Gasteiger partial charge in [-0.15, -0.1) is 0 Å². The number of hydrogen-bond acceptors (Lipinski definition) is 10. The van der Waals surface area contributed by atoms with E-state index < -0.39 is 52.1 Å². The number of anilines is 1. The van der Waals surface area contributed by atoms with Gasteiger partial charge in [0.1, 0.15) is 29.9 Å². The molecule has 194 valence electrons. The van der Waals surface area contributed by atoms with Crippen molar-refractivity contribution >= 4 is 43.6 Å². The molecule has 1 aliphatic carbocycles. The number of rotatable bonds is 8. The van der Waals surface area contributed by atoms with E-state index in [1.807, 2.05) is 11.9 Å². The first-order valence-corrected chi connectivity index (χ1v) is 14.9. The monoisotopic (exact) mass is 552 g/mol. The first-order valence-electron chi connectivity index (χ1n) is 10.9. The molecule has 35 heavy (non-hydrogen) atoms. The zero-order valence-electron chi connectivity index (χ0n) is 18.7. The quantitative estimate of drug-likeness (QED) is 0.234. The third-order valence-corrected chi connectivity index (χ3v) is 9.84. The lowest BCUT2D eigenvalue weighted by Gasteiger charge is -2.26. The number of halogens is 1. The molecular formula is C19H27ClN4O9P2. The van der Waals surface area contributed by atoms with Crippen molar-refractivity contribution in [2.75, 3.05) is 24.5 Å². The Hall–Kier alpha value is -1.24. The highest BCUT2D eigenvalue weighted by Crippen LogP contribution is 2.55. The minimum absolute atomic E-state index is 0.0271. The van der Waals surface area contributed by atoms with E-state index in [0.717, 1.165) is 25.7 Å². The lowest BCUT2D eigenvalue weighted by Crippen LogP contribution is -2.33. The van der Waals surface area contributed by atoms with Gasteiger partial charge in [-0.3, -0.25) is 14.1 Å². The summed E-state index contributed by atoms with van der Waals surface area (Å²) >= 11 is 6.17. The molecule has 0 aromatic carbocycles. The fourth-order valence-electron chi connectivity index (χ4n) is 4.48. The average Bonchev–Trinajstić information content (AvgIpc) is 3.39. The van der Waals surface area contributed by atoms with E-state index in [0.29, 0.717) is 28.5 Å². The Morgan fingerprint density at radius 1 is 1.17 bits per heavy atom. The lowest BCUT2D eigenvalue weighted by atomic mass is 10.0. The number of hydrogen-bond donors (Lipinski definition) is 5. The van der Waals surface area contributed by atoms with Gasteiger partial charge >= 0.3 is 15.2 Å². The molecule has 2 aromatic heterocycles. The molecule has 1 unspecified atom stereocenters. The maximum absolute atomic E-state index is 11.9. The third-order valence-electron chi connectivity index (χ3n) is 6.21. The first kappa shape index (κ1) is 26.8. The van der Waals surface area contributed by atoms with E-state index in [4.69, 9.17) is 30.6 Å². The molecule has 1 aliphatic heterocycles. The molecule has 5 atom stereocenters. The summed E-state index contributed by atoms with van der Waals surface area (Å²) < 4.78 is 33.3. The van der Waals surface area contributed by atoms with Crippen molar-refractivity contribution in [3.63, 3.8) is 0 Å². The zero-order valence-corrected chi connectivity index (χ0v) is 21.3. The molecule has 0 spiro atoms. The molecule has 1 saturated heterocycles. The van der Waals surface area contributed by atoms with Crippen LogP contribution in [0.4, 0.5) is 5.82 Å². The van der Waals surface area contributed by atoms with Gasteiger partial charge < -0.3 is 39.1 Å². The number of fused-ring (bicyclic) bond motifs is 1. The summed E-state index contributed by atoms with van der Waals surface area (Å²) in [6, 6.07) is 1.92. The highest BCUT2D eigenvalue weighted by Gasteiger charge is 2.45. The average molecular weight is 553 g/mol. The molecule has 16 heteroatoms. The van der Waals surface area contributed by atoms with Gasteiger partial charge in [0.25, 0.3) is 0 Å². The van der Waals surface area contributed by atoms with Crippen molar-refractivity contribution in [3.05, 3.63) is 23.1 Å². The molecule has 2 aromatic rings. The molecule has 2 aliphatic rings. The Morgan fingerprint density at radius 2 is 1.86 bits per heavy atom.